The number of halogens is 3. The second-order valence-electron chi connectivity index (χ2n) is 7.20. The SMILES string of the molecule is CC(C)NS(=O)(=O)c1ccc2c(c1)nnn2CCNC(=O)Nc1cccc(C(F)(F)F)c1. The molecule has 3 rings (SSSR count). The molecule has 0 unspecified atom stereocenters. The monoisotopic (exact) mass is 470 g/mol. The van der Waals surface area contributed by atoms with Gasteiger partial charge >= 0.3 is 12.2 Å². The highest BCUT2D eigenvalue weighted by Gasteiger charge is 2.30. The quantitative estimate of drug-likeness (QED) is 0.491. The van der Waals surface area contributed by atoms with Gasteiger partial charge in [0.1, 0.15) is 5.52 Å². The molecule has 172 valence electrons. The van der Waals surface area contributed by atoms with E-state index < -0.39 is 27.8 Å². The summed E-state index contributed by atoms with van der Waals surface area (Å²) in [4.78, 5) is 12.0. The normalized spacial score (nSPS) is 12.3. The molecule has 3 aromatic rings. The van der Waals surface area contributed by atoms with Crippen LogP contribution in [0.4, 0.5) is 23.7 Å². The highest BCUT2D eigenvalue weighted by Crippen LogP contribution is 2.30. The van der Waals surface area contributed by atoms with E-state index in [4.69, 9.17) is 0 Å². The van der Waals surface area contributed by atoms with Crippen molar-refractivity contribution in [3.63, 3.8) is 0 Å². The summed E-state index contributed by atoms with van der Waals surface area (Å²) in [7, 11) is -3.67. The Labute approximate surface area is 182 Å². The van der Waals surface area contributed by atoms with E-state index in [-0.39, 0.29) is 29.7 Å². The van der Waals surface area contributed by atoms with Crippen molar-refractivity contribution in [3.05, 3.63) is 48.0 Å². The molecule has 0 atom stereocenters. The van der Waals surface area contributed by atoms with E-state index in [1.807, 2.05) is 0 Å². The second-order valence-corrected chi connectivity index (χ2v) is 8.91. The maximum Gasteiger partial charge on any atom is 0.416 e. The molecule has 13 heteroatoms. The highest BCUT2D eigenvalue weighted by atomic mass is 32.2. The van der Waals surface area contributed by atoms with Gasteiger partial charge in [-0.3, -0.25) is 0 Å². The number of hydrogen-bond donors (Lipinski definition) is 3. The number of fused-ring (bicyclic) bond motifs is 1. The fourth-order valence-electron chi connectivity index (χ4n) is 2.89. The van der Waals surface area contributed by atoms with Gasteiger partial charge in [0, 0.05) is 18.3 Å². The Morgan fingerprint density at radius 2 is 1.91 bits per heavy atom. The second kappa shape index (κ2) is 9.12. The van der Waals surface area contributed by atoms with E-state index in [2.05, 4.69) is 25.7 Å². The van der Waals surface area contributed by atoms with E-state index in [9.17, 15) is 26.4 Å². The van der Waals surface area contributed by atoms with Gasteiger partial charge in [0.05, 0.1) is 22.5 Å². The maximum atomic E-state index is 12.8. The Hall–Kier alpha value is -3.19. The molecule has 2 amide bonds. The molecule has 1 aromatic heterocycles. The summed E-state index contributed by atoms with van der Waals surface area (Å²) in [5.41, 5.74) is 0.0697. The lowest BCUT2D eigenvalue weighted by molar-refractivity contribution is -0.137. The summed E-state index contributed by atoms with van der Waals surface area (Å²) in [6, 6.07) is 7.75. The van der Waals surface area contributed by atoms with Crippen LogP contribution in [0.25, 0.3) is 11.0 Å². The average molecular weight is 470 g/mol. The number of anilines is 1. The zero-order valence-corrected chi connectivity index (χ0v) is 18.0. The number of carbonyl (C=O) groups excluding carboxylic acids is 1. The van der Waals surface area contributed by atoms with Crippen LogP contribution in [0.5, 0.6) is 0 Å². The summed E-state index contributed by atoms with van der Waals surface area (Å²) in [6.07, 6.45) is -4.51. The van der Waals surface area contributed by atoms with Crippen molar-refractivity contribution in [2.45, 2.75) is 37.5 Å². The average Bonchev–Trinajstić information content (AvgIpc) is 3.09. The van der Waals surface area contributed by atoms with Gasteiger partial charge in [-0.15, -0.1) is 5.10 Å². The molecule has 0 aliphatic rings. The fraction of sp³-hybridized carbons (Fsp3) is 0.316. The minimum Gasteiger partial charge on any atom is -0.336 e. The standard InChI is InChI=1S/C19H21F3N6O3S/c1-12(2)26-32(30,31)15-6-7-17-16(11-15)25-27-28(17)9-8-23-18(29)24-14-5-3-4-13(10-14)19(20,21)22/h3-7,10-12,26H,8-9H2,1-2H3,(H2,23,24,29). The Bertz CT molecular complexity index is 1220. The third kappa shape index (κ3) is 5.73. The molecule has 3 N–H and O–H groups in total. The maximum absolute atomic E-state index is 12.8. The molecule has 0 spiro atoms. The molecule has 2 aromatic carbocycles. The van der Waals surface area contributed by atoms with Gasteiger partial charge in [-0.2, -0.15) is 13.2 Å². The van der Waals surface area contributed by atoms with Crippen LogP contribution in [0.2, 0.25) is 0 Å². The van der Waals surface area contributed by atoms with Gasteiger partial charge in [-0.05, 0) is 50.2 Å². The van der Waals surface area contributed by atoms with Crippen molar-refractivity contribution in [1.29, 1.82) is 0 Å². The van der Waals surface area contributed by atoms with Crippen molar-refractivity contribution in [2.24, 2.45) is 0 Å². The number of hydrogen-bond acceptors (Lipinski definition) is 5. The van der Waals surface area contributed by atoms with Crippen molar-refractivity contribution < 1.29 is 26.4 Å². The molecule has 1 heterocycles. The number of urea groups is 1. The van der Waals surface area contributed by atoms with Crippen molar-refractivity contribution in [2.75, 3.05) is 11.9 Å². The fourth-order valence-corrected chi connectivity index (χ4v) is 4.16. The Morgan fingerprint density at radius 1 is 1.16 bits per heavy atom. The number of amides is 2. The van der Waals surface area contributed by atoms with Gasteiger partial charge in [0.2, 0.25) is 10.0 Å². The zero-order chi connectivity index (χ0) is 23.5. The summed E-state index contributed by atoms with van der Waals surface area (Å²) in [5, 5.41) is 12.8. The topological polar surface area (TPSA) is 118 Å². The van der Waals surface area contributed by atoms with Crippen LogP contribution in [-0.2, 0) is 22.7 Å². The Kier molecular flexibility index (Phi) is 6.69. The van der Waals surface area contributed by atoms with Crippen LogP contribution in [0.1, 0.15) is 19.4 Å². The van der Waals surface area contributed by atoms with E-state index in [1.54, 1.807) is 19.9 Å². The molecule has 0 bridgehead atoms. The third-order valence-corrected chi connectivity index (χ3v) is 5.90. The van der Waals surface area contributed by atoms with Gasteiger partial charge in [0.25, 0.3) is 0 Å². The number of rotatable bonds is 7. The number of carbonyl (C=O) groups is 1. The summed E-state index contributed by atoms with van der Waals surface area (Å²) < 4.78 is 66.8. The number of sulfonamides is 1. The van der Waals surface area contributed by atoms with Gasteiger partial charge in [-0.25, -0.2) is 22.6 Å². The first kappa shape index (κ1) is 23.5. The van der Waals surface area contributed by atoms with E-state index in [1.165, 1.54) is 28.9 Å². The molecule has 0 aliphatic heterocycles. The number of alkyl halides is 3. The molecule has 0 radical (unpaired) electrons. The minimum atomic E-state index is -4.51. The number of benzene rings is 2. The molecule has 32 heavy (non-hydrogen) atoms. The van der Waals surface area contributed by atoms with Crippen LogP contribution in [0.3, 0.4) is 0 Å². The minimum absolute atomic E-state index is 0.00674. The van der Waals surface area contributed by atoms with Crippen molar-refractivity contribution in [1.82, 2.24) is 25.0 Å². The largest absolute Gasteiger partial charge is 0.416 e. The Morgan fingerprint density at radius 3 is 2.59 bits per heavy atom. The third-order valence-electron chi connectivity index (χ3n) is 4.24. The highest BCUT2D eigenvalue weighted by molar-refractivity contribution is 7.89. The first-order valence-electron chi connectivity index (χ1n) is 9.53. The first-order valence-corrected chi connectivity index (χ1v) is 11.0. The van der Waals surface area contributed by atoms with E-state index >= 15 is 0 Å². The first-order chi connectivity index (χ1) is 15.0. The molecular formula is C19H21F3N6O3S. The van der Waals surface area contributed by atoms with E-state index in [0.29, 0.717) is 11.0 Å². The zero-order valence-electron chi connectivity index (χ0n) is 17.1. The summed E-state index contributed by atoms with van der Waals surface area (Å²) in [6.45, 7) is 3.74. The summed E-state index contributed by atoms with van der Waals surface area (Å²) in [5.74, 6) is 0. The van der Waals surface area contributed by atoms with Crippen molar-refractivity contribution in [3.8, 4) is 0 Å². The van der Waals surface area contributed by atoms with E-state index in [0.717, 1.165) is 12.1 Å². The number of nitrogens with zero attached hydrogens (tertiary/aromatic N) is 3. The molecule has 0 saturated carbocycles. The molecule has 9 nitrogen and oxygen atoms in total. The Balaban J connectivity index is 1.60. The van der Waals surface area contributed by atoms with Crippen LogP contribution < -0.4 is 15.4 Å². The van der Waals surface area contributed by atoms with Crippen LogP contribution in [0, 0.1) is 0 Å². The van der Waals surface area contributed by atoms with Gasteiger partial charge in [0.15, 0.2) is 0 Å². The lowest BCUT2D eigenvalue weighted by Gasteiger charge is -2.11. The molecule has 0 aliphatic carbocycles. The predicted octanol–water partition coefficient (Wildman–Crippen LogP) is 2.96. The van der Waals surface area contributed by atoms with Crippen LogP contribution in [0.15, 0.2) is 47.4 Å². The van der Waals surface area contributed by atoms with Gasteiger partial charge in [-0.1, -0.05) is 11.3 Å². The smallest absolute Gasteiger partial charge is 0.336 e. The number of nitrogens with one attached hydrogen (secondary N) is 3. The molecule has 0 fully saturated rings. The lowest BCUT2D eigenvalue weighted by atomic mass is 10.2. The number of aromatic nitrogens is 3. The van der Waals surface area contributed by atoms with Crippen LogP contribution in [-0.4, -0.2) is 42.0 Å². The van der Waals surface area contributed by atoms with Crippen molar-refractivity contribution >= 4 is 32.8 Å². The molecular weight excluding hydrogens is 449 g/mol. The molecule has 0 saturated heterocycles. The van der Waals surface area contributed by atoms with Gasteiger partial charge < -0.3 is 10.6 Å². The summed E-state index contributed by atoms with van der Waals surface area (Å²) >= 11 is 0. The van der Waals surface area contributed by atoms with Crippen LogP contribution >= 0.6 is 0 Å². The predicted molar refractivity (Wildman–Crippen MR) is 111 cm³/mol. The lowest BCUT2D eigenvalue weighted by Crippen LogP contribution is -2.31.